The Morgan fingerprint density at radius 3 is 2.11 bits per heavy atom. The molecule has 1 amide bonds. The predicted molar refractivity (Wildman–Crippen MR) is 105 cm³/mol. The van der Waals surface area contributed by atoms with E-state index < -0.39 is 5.82 Å². The van der Waals surface area contributed by atoms with E-state index in [-0.39, 0.29) is 10.9 Å². The maximum atomic E-state index is 13.2. The number of amides is 1. The summed E-state index contributed by atoms with van der Waals surface area (Å²) in [4.78, 5) is 18.6. The van der Waals surface area contributed by atoms with Gasteiger partial charge in [0.2, 0.25) is 0 Å². The Morgan fingerprint density at radius 1 is 0.929 bits per heavy atom. The highest BCUT2D eigenvalue weighted by molar-refractivity contribution is 6.33. The van der Waals surface area contributed by atoms with E-state index in [0.29, 0.717) is 45.0 Å². The molecule has 0 N–H and O–H groups in total. The van der Waals surface area contributed by atoms with Gasteiger partial charge in [0.05, 0.1) is 23.8 Å². The van der Waals surface area contributed by atoms with Crippen LogP contribution in [0.25, 0.3) is 0 Å². The van der Waals surface area contributed by atoms with Gasteiger partial charge < -0.3 is 19.4 Å². The predicted octanol–water partition coefficient (Wildman–Crippen LogP) is 2.07. The van der Waals surface area contributed by atoms with Gasteiger partial charge in [-0.1, -0.05) is 11.6 Å². The standard InChI is InChI=1S/C19H21ClFN5O2/c20-16-13-14(21)1-2-15(16)19(27)26-7-5-24(6-8-26)17-3-4-18(23-22-17)25-9-11-28-12-10-25/h1-4,13H,5-12H2. The Kier molecular flexibility index (Phi) is 5.59. The first-order valence-corrected chi connectivity index (χ1v) is 9.65. The van der Waals surface area contributed by atoms with Crippen LogP contribution < -0.4 is 9.80 Å². The van der Waals surface area contributed by atoms with Gasteiger partial charge in [-0.05, 0) is 30.3 Å². The first-order valence-electron chi connectivity index (χ1n) is 9.27. The summed E-state index contributed by atoms with van der Waals surface area (Å²) in [6.45, 7) is 5.43. The van der Waals surface area contributed by atoms with Crippen LogP contribution in [-0.4, -0.2) is 73.5 Å². The van der Waals surface area contributed by atoms with Gasteiger partial charge in [-0.2, -0.15) is 0 Å². The van der Waals surface area contributed by atoms with Crippen molar-refractivity contribution < 1.29 is 13.9 Å². The fourth-order valence-electron chi connectivity index (χ4n) is 3.42. The molecule has 0 bridgehead atoms. The molecule has 7 nitrogen and oxygen atoms in total. The molecule has 148 valence electrons. The van der Waals surface area contributed by atoms with Crippen LogP contribution in [0, 0.1) is 5.82 Å². The minimum absolute atomic E-state index is 0.136. The van der Waals surface area contributed by atoms with Gasteiger partial charge in [0.1, 0.15) is 5.82 Å². The normalized spacial score (nSPS) is 17.7. The summed E-state index contributed by atoms with van der Waals surface area (Å²) in [5.74, 6) is 1.01. The monoisotopic (exact) mass is 405 g/mol. The van der Waals surface area contributed by atoms with Crippen molar-refractivity contribution >= 4 is 29.1 Å². The van der Waals surface area contributed by atoms with E-state index in [9.17, 15) is 9.18 Å². The van der Waals surface area contributed by atoms with E-state index in [0.717, 1.165) is 30.8 Å². The molecule has 1 aromatic carbocycles. The van der Waals surface area contributed by atoms with Crippen LogP contribution in [0.1, 0.15) is 10.4 Å². The number of benzene rings is 1. The molecule has 0 aliphatic carbocycles. The van der Waals surface area contributed by atoms with Crippen molar-refractivity contribution in [3.8, 4) is 0 Å². The van der Waals surface area contributed by atoms with Crippen molar-refractivity contribution in [3.05, 3.63) is 46.7 Å². The van der Waals surface area contributed by atoms with E-state index in [1.165, 1.54) is 12.1 Å². The number of morpholine rings is 1. The molecule has 0 atom stereocenters. The number of anilines is 2. The van der Waals surface area contributed by atoms with Crippen LogP contribution in [0.15, 0.2) is 30.3 Å². The lowest BCUT2D eigenvalue weighted by Gasteiger charge is -2.35. The third-order valence-corrected chi connectivity index (χ3v) is 5.34. The smallest absolute Gasteiger partial charge is 0.255 e. The number of carbonyl (C=O) groups is 1. The Balaban J connectivity index is 1.36. The largest absolute Gasteiger partial charge is 0.378 e. The van der Waals surface area contributed by atoms with Crippen LogP contribution >= 0.6 is 11.6 Å². The zero-order valence-electron chi connectivity index (χ0n) is 15.4. The van der Waals surface area contributed by atoms with E-state index in [4.69, 9.17) is 16.3 Å². The second-order valence-corrected chi connectivity index (χ2v) is 7.16. The molecule has 0 spiro atoms. The van der Waals surface area contributed by atoms with Gasteiger partial charge in [-0.3, -0.25) is 4.79 Å². The first-order chi connectivity index (χ1) is 13.6. The molecule has 2 aromatic rings. The quantitative estimate of drug-likeness (QED) is 0.779. The number of halogens is 2. The third kappa shape index (κ3) is 4.02. The molecule has 2 fully saturated rings. The summed E-state index contributed by atoms with van der Waals surface area (Å²) in [6.07, 6.45) is 0. The Hall–Kier alpha value is -2.45. The summed E-state index contributed by atoms with van der Waals surface area (Å²) in [6, 6.07) is 7.79. The van der Waals surface area contributed by atoms with Gasteiger partial charge in [0, 0.05) is 39.3 Å². The second-order valence-electron chi connectivity index (χ2n) is 6.75. The highest BCUT2D eigenvalue weighted by atomic mass is 35.5. The summed E-state index contributed by atoms with van der Waals surface area (Å²) in [7, 11) is 0. The molecule has 4 rings (SSSR count). The average Bonchev–Trinajstić information content (AvgIpc) is 2.74. The van der Waals surface area contributed by atoms with Crippen LogP contribution in [0.2, 0.25) is 5.02 Å². The summed E-state index contributed by atoms with van der Waals surface area (Å²) >= 11 is 6.02. The summed E-state index contributed by atoms with van der Waals surface area (Å²) in [5, 5.41) is 8.84. The summed E-state index contributed by atoms with van der Waals surface area (Å²) in [5.41, 5.74) is 0.325. The lowest BCUT2D eigenvalue weighted by molar-refractivity contribution is 0.0746. The Bertz CT molecular complexity index is 837. The number of aromatic nitrogens is 2. The first kappa shape index (κ1) is 18.9. The van der Waals surface area contributed by atoms with Gasteiger partial charge in [0.25, 0.3) is 5.91 Å². The molecular formula is C19H21ClFN5O2. The second kappa shape index (κ2) is 8.28. The number of piperazine rings is 1. The van der Waals surface area contributed by atoms with Crippen molar-refractivity contribution in [1.29, 1.82) is 0 Å². The zero-order chi connectivity index (χ0) is 19.5. The number of ether oxygens (including phenoxy) is 1. The van der Waals surface area contributed by atoms with Crippen molar-refractivity contribution in [2.45, 2.75) is 0 Å². The number of carbonyl (C=O) groups excluding carboxylic acids is 1. The molecule has 2 aliphatic heterocycles. The number of nitrogens with zero attached hydrogens (tertiary/aromatic N) is 5. The highest BCUT2D eigenvalue weighted by Crippen LogP contribution is 2.21. The van der Waals surface area contributed by atoms with Crippen molar-refractivity contribution in [2.75, 3.05) is 62.3 Å². The van der Waals surface area contributed by atoms with Crippen molar-refractivity contribution in [3.63, 3.8) is 0 Å². The fourth-order valence-corrected chi connectivity index (χ4v) is 3.67. The van der Waals surface area contributed by atoms with Crippen LogP contribution in [0.4, 0.5) is 16.0 Å². The van der Waals surface area contributed by atoms with Crippen molar-refractivity contribution in [2.24, 2.45) is 0 Å². The molecule has 0 saturated carbocycles. The zero-order valence-corrected chi connectivity index (χ0v) is 16.1. The molecular weight excluding hydrogens is 385 g/mol. The van der Waals surface area contributed by atoms with Crippen LogP contribution in [-0.2, 0) is 4.74 Å². The maximum Gasteiger partial charge on any atom is 0.255 e. The maximum absolute atomic E-state index is 13.2. The minimum atomic E-state index is -0.453. The SMILES string of the molecule is O=C(c1ccc(F)cc1Cl)N1CCN(c2ccc(N3CCOCC3)nn2)CC1. The average molecular weight is 406 g/mol. The fraction of sp³-hybridized carbons (Fsp3) is 0.421. The lowest BCUT2D eigenvalue weighted by Crippen LogP contribution is -2.49. The molecule has 0 unspecified atom stereocenters. The van der Waals surface area contributed by atoms with Gasteiger partial charge in [-0.15, -0.1) is 10.2 Å². The number of rotatable bonds is 3. The number of hydrogen-bond donors (Lipinski definition) is 0. The molecule has 28 heavy (non-hydrogen) atoms. The van der Waals surface area contributed by atoms with Gasteiger partial charge in [-0.25, -0.2) is 4.39 Å². The van der Waals surface area contributed by atoms with E-state index in [2.05, 4.69) is 20.0 Å². The lowest BCUT2D eigenvalue weighted by atomic mass is 10.1. The van der Waals surface area contributed by atoms with Crippen molar-refractivity contribution in [1.82, 2.24) is 15.1 Å². The van der Waals surface area contributed by atoms with Gasteiger partial charge in [0.15, 0.2) is 11.6 Å². The van der Waals surface area contributed by atoms with Crippen LogP contribution in [0.5, 0.6) is 0 Å². The third-order valence-electron chi connectivity index (χ3n) is 5.02. The summed E-state index contributed by atoms with van der Waals surface area (Å²) < 4.78 is 18.6. The molecule has 9 heteroatoms. The molecule has 1 aromatic heterocycles. The molecule has 3 heterocycles. The van der Waals surface area contributed by atoms with E-state index >= 15 is 0 Å². The molecule has 0 radical (unpaired) electrons. The number of hydrogen-bond acceptors (Lipinski definition) is 6. The van der Waals surface area contributed by atoms with E-state index in [1.54, 1.807) is 4.90 Å². The van der Waals surface area contributed by atoms with Crippen LogP contribution in [0.3, 0.4) is 0 Å². The van der Waals surface area contributed by atoms with E-state index in [1.807, 2.05) is 12.1 Å². The molecule has 2 saturated heterocycles. The topological polar surface area (TPSA) is 61.8 Å². The Labute approximate surface area is 167 Å². The minimum Gasteiger partial charge on any atom is -0.378 e. The molecule has 2 aliphatic rings. The van der Waals surface area contributed by atoms with Gasteiger partial charge >= 0.3 is 0 Å². The highest BCUT2D eigenvalue weighted by Gasteiger charge is 2.25. The Morgan fingerprint density at radius 2 is 1.54 bits per heavy atom.